The molecule has 0 bridgehead atoms. The van der Waals surface area contributed by atoms with Crippen molar-refractivity contribution in [1.29, 1.82) is 0 Å². The van der Waals surface area contributed by atoms with Crippen LogP contribution in [0.4, 0.5) is 0 Å². The number of nitrogens with zero attached hydrogens (tertiary/aromatic N) is 1. The van der Waals surface area contributed by atoms with Crippen LogP contribution >= 0.6 is 15.9 Å². The Balaban J connectivity index is 2.51. The smallest absolute Gasteiger partial charge is 0.273 e. The maximum atomic E-state index is 12.1. The summed E-state index contributed by atoms with van der Waals surface area (Å²) in [7, 11) is 0. The molecule has 0 saturated heterocycles. The zero-order chi connectivity index (χ0) is 13.4. The number of nitrogens with one attached hydrogen (secondary N) is 1. The number of aromatic nitrogens is 2. The normalized spacial score (nSPS) is 10.8. The number of para-hydroxylation sites is 1. The lowest BCUT2D eigenvalue weighted by Gasteiger charge is -2.09. The van der Waals surface area contributed by atoms with Crippen LogP contribution in [0.3, 0.4) is 0 Å². The van der Waals surface area contributed by atoms with Crippen molar-refractivity contribution in [1.82, 2.24) is 9.55 Å². The van der Waals surface area contributed by atoms with Crippen molar-refractivity contribution >= 4 is 26.8 Å². The van der Waals surface area contributed by atoms with Gasteiger partial charge in [0.25, 0.3) is 5.56 Å². The van der Waals surface area contributed by atoms with Gasteiger partial charge < -0.3 is 0 Å². The minimum atomic E-state index is -0.443. The number of aromatic amines is 1. The molecule has 2 aromatic carbocycles. The van der Waals surface area contributed by atoms with E-state index in [0.717, 1.165) is 4.47 Å². The van der Waals surface area contributed by atoms with Crippen molar-refractivity contribution in [3.8, 4) is 5.69 Å². The third kappa shape index (κ3) is 2.02. The molecule has 0 fully saturated rings. The van der Waals surface area contributed by atoms with E-state index in [2.05, 4.69) is 20.9 Å². The first-order chi connectivity index (χ1) is 9.16. The molecule has 0 amide bonds. The average molecular weight is 317 g/mol. The molecular formula is C14H9BrN2O2. The van der Waals surface area contributed by atoms with Crippen LogP contribution in [-0.2, 0) is 0 Å². The lowest BCUT2D eigenvalue weighted by molar-refractivity contribution is 0.942. The molecule has 0 spiro atoms. The predicted octanol–water partition coefficient (Wildman–Crippen LogP) is 2.44. The van der Waals surface area contributed by atoms with Crippen molar-refractivity contribution in [3.63, 3.8) is 0 Å². The van der Waals surface area contributed by atoms with Crippen molar-refractivity contribution in [2.24, 2.45) is 0 Å². The first-order valence-corrected chi connectivity index (χ1v) is 6.46. The van der Waals surface area contributed by atoms with Crippen molar-refractivity contribution in [2.75, 3.05) is 0 Å². The van der Waals surface area contributed by atoms with Gasteiger partial charge in [-0.05, 0) is 30.3 Å². The molecule has 1 heterocycles. The number of fused-ring (bicyclic) bond motifs is 1. The molecule has 4 nitrogen and oxygen atoms in total. The van der Waals surface area contributed by atoms with E-state index < -0.39 is 5.69 Å². The summed E-state index contributed by atoms with van der Waals surface area (Å²) in [6.45, 7) is 0. The molecule has 3 rings (SSSR count). The van der Waals surface area contributed by atoms with Gasteiger partial charge in [-0.25, -0.2) is 4.79 Å². The molecule has 1 aromatic heterocycles. The Labute approximate surface area is 116 Å². The largest absolute Gasteiger partial charge is 0.333 e. The second-order valence-electron chi connectivity index (χ2n) is 4.09. The monoisotopic (exact) mass is 316 g/mol. The molecule has 0 unspecified atom stereocenters. The van der Waals surface area contributed by atoms with E-state index in [4.69, 9.17) is 0 Å². The van der Waals surface area contributed by atoms with Crippen LogP contribution in [-0.4, -0.2) is 9.55 Å². The van der Waals surface area contributed by atoms with Crippen molar-refractivity contribution < 1.29 is 0 Å². The van der Waals surface area contributed by atoms with Crippen LogP contribution in [0, 0.1) is 0 Å². The Hall–Kier alpha value is -2.14. The maximum Gasteiger partial charge on any atom is 0.333 e. The first-order valence-electron chi connectivity index (χ1n) is 5.67. The second kappa shape index (κ2) is 4.51. The van der Waals surface area contributed by atoms with Gasteiger partial charge in [-0.1, -0.05) is 34.1 Å². The zero-order valence-corrected chi connectivity index (χ0v) is 11.3. The lowest BCUT2D eigenvalue weighted by Crippen LogP contribution is -2.29. The van der Waals surface area contributed by atoms with Gasteiger partial charge in [-0.3, -0.25) is 14.3 Å². The van der Waals surface area contributed by atoms with Gasteiger partial charge in [0.05, 0.1) is 16.6 Å². The highest BCUT2D eigenvalue weighted by molar-refractivity contribution is 9.10. The molecule has 5 heteroatoms. The second-order valence-corrected chi connectivity index (χ2v) is 5.01. The summed E-state index contributed by atoms with van der Waals surface area (Å²) in [5, 5.41) is 0.478. The summed E-state index contributed by atoms with van der Waals surface area (Å²) >= 11 is 3.36. The molecule has 19 heavy (non-hydrogen) atoms. The fraction of sp³-hybridized carbons (Fsp3) is 0. The van der Waals surface area contributed by atoms with Gasteiger partial charge in [0.2, 0.25) is 0 Å². The minimum Gasteiger partial charge on any atom is -0.273 e. The van der Waals surface area contributed by atoms with Crippen LogP contribution < -0.4 is 11.2 Å². The van der Waals surface area contributed by atoms with E-state index in [1.165, 1.54) is 4.57 Å². The standard InChI is InChI=1S/C14H9BrN2O2/c15-9-6-7-11-12(8-9)17(14(19)16-13(11)18)10-4-2-1-3-5-10/h1-8H,(H,16,18,19). The fourth-order valence-corrected chi connectivity index (χ4v) is 2.39. The van der Waals surface area contributed by atoms with E-state index in [1.807, 2.05) is 30.3 Å². The average Bonchev–Trinajstić information content (AvgIpc) is 2.39. The van der Waals surface area contributed by atoms with Gasteiger partial charge in [0.15, 0.2) is 0 Å². The van der Waals surface area contributed by atoms with Crippen LogP contribution in [0.15, 0.2) is 62.6 Å². The van der Waals surface area contributed by atoms with Gasteiger partial charge in [-0.2, -0.15) is 0 Å². The molecule has 94 valence electrons. The number of benzene rings is 2. The minimum absolute atomic E-state index is 0.375. The molecule has 0 aliphatic carbocycles. The molecule has 0 aliphatic heterocycles. The van der Waals surface area contributed by atoms with Crippen LogP contribution in [0.1, 0.15) is 0 Å². The number of hydrogen-bond donors (Lipinski definition) is 1. The van der Waals surface area contributed by atoms with E-state index in [-0.39, 0.29) is 5.56 Å². The van der Waals surface area contributed by atoms with Crippen molar-refractivity contribution in [3.05, 3.63) is 73.8 Å². The highest BCUT2D eigenvalue weighted by Crippen LogP contribution is 2.18. The molecular weight excluding hydrogens is 308 g/mol. The number of rotatable bonds is 1. The van der Waals surface area contributed by atoms with E-state index in [0.29, 0.717) is 16.6 Å². The molecule has 1 N–H and O–H groups in total. The van der Waals surface area contributed by atoms with Crippen LogP contribution in [0.5, 0.6) is 0 Å². The first kappa shape index (κ1) is 11.9. The van der Waals surface area contributed by atoms with E-state index >= 15 is 0 Å². The van der Waals surface area contributed by atoms with Crippen LogP contribution in [0.25, 0.3) is 16.6 Å². The Kier molecular flexibility index (Phi) is 2.83. The lowest BCUT2D eigenvalue weighted by atomic mass is 10.2. The summed E-state index contributed by atoms with van der Waals surface area (Å²) in [4.78, 5) is 26.2. The molecule has 0 radical (unpaired) electrons. The Morgan fingerprint density at radius 1 is 1.00 bits per heavy atom. The molecule has 0 atom stereocenters. The summed E-state index contributed by atoms with van der Waals surface area (Å²) in [5.41, 5.74) is 0.475. The number of halogens is 1. The van der Waals surface area contributed by atoms with Gasteiger partial charge in [0, 0.05) is 4.47 Å². The Morgan fingerprint density at radius 3 is 2.47 bits per heavy atom. The highest BCUT2D eigenvalue weighted by atomic mass is 79.9. The zero-order valence-electron chi connectivity index (χ0n) is 9.76. The SMILES string of the molecule is O=c1[nH]c(=O)n(-c2ccccc2)c2cc(Br)ccc12. The van der Waals surface area contributed by atoms with Crippen molar-refractivity contribution in [2.45, 2.75) is 0 Å². The number of H-pyrrole nitrogens is 1. The summed E-state index contributed by atoms with van der Waals surface area (Å²) in [5.74, 6) is 0. The summed E-state index contributed by atoms with van der Waals surface area (Å²) in [6.07, 6.45) is 0. The summed E-state index contributed by atoms with van der Waals surface area (Å²) in [6, 6.07) is 14.4. The Bertz CT molecular complexity index is 866. The molecule has 0 saturated carbocycles. The highest BCUT2D eigenvalue weighted by Gasteiger charge is 2.09. The molecule has 3 aromatic rings. The molecule has 0 aliphatic rings. The van der Waals surface area contributed by atoms with Gasteiger partial charge in [0.1, 0.15) is 0 Å². The number of hydrogen-bond acceptors (Lipinski definition) is 2. The van der Waals surface area contributed by atoms with E-state index in [1.54, 1.807) is 18.2 Å². The van der Waals surface area contributed by atoms with Crippen LogP contribution in [0.2, 0.25) is 0 Å². The quantitative estimate of drug-likeness (QED) is 0.749. The van der Waals surface area contributed by atoms with E-state index in [9.17, 15) is 9.59 Å². The predicted molar refractivity (Wildman–Crippen MR) is 77.9 cm³/mol. The topological polar surface area (TPSA) is 54.9 Å². The maximum absolute atomic E-state index is 12.1. The third-order valence-electron chi connectivity index (χ3n) is 2.88. The Morgan fingerprint density at radius 2 is 1.74 bits per heavy atom. The van der Waals surface area contributed by atoms with Gasteiger partial charge in [-0.15, -0.1) is 0 Å². The summed E-state index contributed by atoms with van der Waals surface area (Å²) < 4.78 is 2.30. The van der Waals surface area contributed by atoms with Gasteiger partial charge >= 0.3 is 5.69 Å². The fourth-order valence-electron chi connectivity index (χ4n) is 2.04. The third-order valence-corrected chi connectivity index (χ3v) is 3.38.